The van der Waals surface area contributed by atoms with Crippen molar-refractivity contribution in [2.24, 2.45) is 0 Å². The average molecular weight is 250 g/mol. The molecule has 0 spiro atoms. The number of aliphatic hydroxyl groups excluding tert-OH is 1. The molecule has 1 aromatic carbocycles. The summed E-state index contributed by atoms with van der Waals surface area (Å²) in [5, 5.41) is 17.7. The minimum absolute atomic E-state index is 0.283. The van der Waals surface area contributed by atoms with E-state index in [1.165, 1.54) is 0 Å². The quantitative estimate of drug-likeness (QED) is 0.722. The van der Waals surface area contributed by atoms with Crippen LogP contribution in [0.4, 0.5) is 0 Å². The van der Waals surface area contributed by atoms with E-state index in [0.29, 0.717) is 11.3 Å². The van der Waals surface area contributed by atoms with Crippen molar-refractivity contribution < 1.29 is 15.0 Å². The largest absolute Gasteiger partial charge is 0.501 e. The van der Waals surface area contributed by atoms with E-state index in [0.717, 1.165) is 5.52 Å². The number of aliphatic hydroxyl groups is 1. The van der Waals surface area contributed by atoms with Gasteiger partial charge in [0.2, 0.25) is 0 Å². The number of aliphatic carboxylic acids is 1. The summed E-state index contributed by atoms with van der Waals surface area (Å²) in [6.45, 7) is 0. The molecule has 1 unspecified atom stereocenters. The molecule has 2 aromatic rings. The van der Waals surface area contributed by atoms with Gasteiger partial charge in [-0.3, -0.25) is 4.79 Å². The zero-order valence-electron chi connectivity index (χ0n) is 8.75. The van der Waals surface area contributed by atoms with Gasteiger partial charge in [-0.1, -0.05) is 12.1 Å². The fourth-order valence-electron chi connectivity index (χ4n) is 1.61. The van der Waals surface area contributed by atoms with Gasteiger partial charge in [0.05, 0.1) is 23.4 Å². The van der Waals surface area contributed by atoms with Gasteiger partial charge in [0.25, 0.3) is 0 Å². The second kappa shape index (κ2) is 4.50. The van der Waals surface area contributed by atoms with Crippen LogP contribution in [0.2, 0.25) is 0 Å². The van der Waals surface area contributed by atoms with Crippen molar-refractivity contribution in [2.75, 3.05) is 0 Å². The maximum Gasteiger partial charge on any atom is 0.304 e. The Morgan fingerprint density at radius 1 is 1.41 bits per heavy atom. The molecule has 1 aromatic heterocycles. The molecular formula is C11H10N2O3S. The topological polar surface area (TPSA) is 86.2 Å². The molecule has 0 bridgehead atoms. The summed E-state index contributed by atoms with van der Waals surface area (Å²) in [5.74, 6) is -1.44. The third-order valence-corrected chi connectivity index (χ3v) is 2.70. The van der Waals surface area contributed by atoms with E-state index in [1.54, 1.807) is 6.07 Å². The third-order valence-electron chi connectivity index (χ3n) is 2.41. The first kappa shape index (κ1) is 11.5. The Balaban J connectivity index is 2.41. The van der Waals surface area contributed by atoms with Gasteiger partial charge in [-0.15, -0.1) is 0 Å². The van der Waals surface area contributed by atoms with Crippen molar-refractivity contribution in [3.8, 4) is 0 Å². The van der Waals surface area contributed by atoms with E-state index >= 15 is 0 Å². The van der Waals surface area contributed by atoms with Gasteiger partial charge in [-0.2, -0.15) is 0 Å². The van der Waals surface area contributed by atoms with Crippen LogP contribution < -0.4 is 0 Å². The normalized spacial score (nSPS) is 12.5. The number of carbonyl (C=O) groups is 1. The number of thiocarbonyl (C=S) groups is 1. The fraction of sp³-hybridized carbons (Fsp3) is 0.182. The summed E-state index contributed by atoms with van der Waals surface area (Å²) < 4.78 is 0. The molecule has 0 saturated heterocycles. The molecule has 17 heavy (non-hydrogen) atoms. The lowest BCUT2D eigenvalue weighted by atomic mass is 10.1. The fourth-order valence-corrected chi connectivity index (χ4v) is 1.81. The third kappa shape index (κ3) is 2.42. The van der Waals surface area contributed by atoms with E-state index < -0.39 is 11.9 Å². The molecule has 5 nitrogen and oxygen atoms in total. The Kier molecular flexibility index (Phi) is 3.06. The van der Waals surface area contributed by atoms with Crippen LogP contribution in [0.3, 0.4) is 0 Å². The first-order chi connectivity index (χ1) is 8.08. The Morgan fingerprint density at radius 2 is 2.12 bits per heavy atom. The standard InChI is InChI=1S/C11H10N2O3S/c14-9(15)5-6(11(16)17)10-12-7-3-1-2-4-8(7)13-10/h1-4,6H,5H2,(H,12,13)(H,14,15)(H,16,17). The predicted octanol–water partition coefficient (Wildman–Crippen LogP) is 2.01. The lowest BCUT2D eigenvalue weighted by Crippen LogP contribution is -2.15. The van der Waals surface area contributed by atoms with E-state index in [-0.39, 0.29) is 11.5 Å². The molecule has 1 atom stereocenters. The number of nitrogens with one attached hydrogen (secondary N) is 1. The van der Waals surface area contributed by atoms with Crippen molar-refractivity contribution in [1.29, 1.82) is 0 Å². The first-order valence-corrected chi connectivity index (χ1v) is 5.38. The number of aromatic nitrogens is 2. The number of hydrogen-bond donors (Lipinski definition) is 3. The number of hydrogen-bond acceptors (Lipinski definition) is 3. The lowest BCUT2D eigenvalue weighted by molar-refractivity contribution is -0.137. The van der Waals surface area contributed by atoms with Gasteiger partial charge in [0.1, 0.15) is 5.82 Å². The Hall–Kier alpha value is -1.95. The monoisotopic (exact) mass is 250 g/mol. The number of carboxylic acids is 1. The SMILES string of the molecule is O=C(O)CC(C(O)=S)c1nc2ccccc2[nH]1. The van der Waals surface area contributed by atoms with E-state index in [2.05, 4.69) is 22.2 Å². The number of imidazole rings is 1. The molecule has 88 valence electrons. The average Bonchev–Trinajstić information content (AvgIpc) is 2.68. The van der Waals surface area contributed by atoms with Crippen LogP contribution in [-0.2, 0) is 4.79 Å². The van der Waals surface area contributed by atoms with Crippen LogP contribution in [0, 0.1) is 0 Å². The molecule has 1 heterocycles. The number of aromatic amines is 1. The zero-order chi connectivity index (χ0) is 12.4. The minimum Gasteiger partial charge on any atom is -0.501 e. The molecular weight excluding hydrogens is 240 g/mol. The van der Waals surface area contributed by atoms with Crippen LogP contribution in [-0.4, -0.2) is 31.2 Å². The Morgan fingerprint density at radius 3 is 2.71 bits per heavy atom. The van der Waals surface area contributed by atoms with Crippen LogP contribution in [0.25, 0.3) is 11.0 Å². The van der Waals surface area contributed by atoms with Crippen LogP contribution in [0.15, 0.2) is 24.3 Å². The number of nitrogens with zero attached hydrogens (tertiary/aromatic N) is 1. The van der Waals surface area contributed by atoms with Crippen LogP contribution >= 0.6 is 12.2 Å². The Bertz CT molecular complexity index is 546. The van der Waals surface area contributed by atoms with Gasteiger partial charge in [-0.05, 0) is 24.4 Å². The van der Waals surface area contributed by atoms with E-state index in [9.17, 15) is 9.90 Å². The van der Waals surface area contributed by atoms with Gasteiger partial charge in [-0.25, -0.2) is 4.98 Å². The molecule has 0 fully saturated rings. The molecule has 6 heteroatoms. The molecule has 3 N–H and O–H groups in total. The van der Waals surface area contributed by atoms with Crippen molar-refractivity contribution in [3.63, 3.8) is 0 Å². The van der Waals surface area contributed by atoms with Crippen LogP contribution in [0.1, 0.15) is 18.2 Å². The maximum atomic E-state index is 10.7. The van der Waals surface area contributed by atoms with E-state index in [1.807, 2.05) is 18.2 Å². The minimum atomic E-state index is -1.04. The molecule has 0 aliphatic carbocycles. The summed E-state index contributed by atoms with van der Waals surface area (Å²) in [7, 11) is 0. The highest BCUT2D eigenvalue weighted by Crippen LogP contribution is 2.21. The molecule has 0 aliphatic heterocycles. The first-order valence-electron chi connectivity index (χ1n) is 4.97. The summed E-state index contributed by atoms with van der Waals surface area (Å²) >= 11 is 4.65. The number of carboxylic acid groups (broad SMARTS) is 1. The smallest absolute Gasteiger partial charge is 0.304 e. The lowest BCUT2D eigenvalue weighted by Gasteiger charge is -2.08. The molecule has 0 aliphatic rings. The highest BCUT2D eigenvalue weighted by molar-refractivity contribution is 7.80. The van der Waals surface area contributed by atoms with Gasteiger partial charge < -0.3 is 15.2 Å². The number of fused-ring (bicyclic) bond motifs is 1. The van der Waals surface area contributed by atoms with Crippen molar-refractivity contribution in [2.45, 2.75) is 12.3 Å². The molecule has 0 radical (unpaired) electrons. The second-order valence-electron chi connectivity index (χ2n) is 3.63. The van der Waals surface area contributed by atoms with E-state index in [4.69, 9.17) is 5.11 Å². The van der Waals surface area contributed by atoms with Crippen molar-refractivity contribution >= 4 is 34.3 Å². The second-order valence-corrected chi connectivity index (χ2v) is 4.05. The van der Waals surface area contributed by atoms with Crippen molar-refractivity contribution in [1.82, 2.24) is 9.97 Å². The number of H-pyrrole nitrogens is 1. The molecule has 2 rings (SSSR count). The highest BCUT2D eigenvalue weighted by atomic mass is 32.1. The Labute approximate surface area is 102 Å². The maximum absolute atomic E-state index is 10.7. The van der Waals surface area contributed by atoms with Crippen molar-refractivity contribution in [3.05, 3.63) is 30.1 Å². The van der Waals surface area contributed by atoms with Gasteiger partial charge in [0.15, 0.2) is 5.05 Å². The summed E-state index contributed by atoms with van der Waals surface area (Å²) in [6.07, 6.45) is -0.283. The van der Waals surface area contributed by atoms with Crippen LogP contribution in [0.5, 0.6) is 0 Å². The van der Waals surface area contributed by atoms with Gasteiger partial charge in [0, 0.05) is 0 Å². The molecule has 0 amide bonds. The molecule has 0 saturated carbocycles. The summed E-state index contributed by atoms with van der Waals surface area (Å²) in [4.78, 5) is 17.9. The van der Waals surface area contributed by atoms with Gasteiger partial charge >= 0.3 is 5.97 Å². The number of benzene rings is 1. The summed E-state index contributed by atoms with van der Waals surface area (Å²) in [5.41, 5.74) is 1.50. The zero-order valence-corrected chi connectivity index (χ0v) is 9.57. The number of para-hydroxylation sites is 2. The predicted molar refractivity (Wildman–Crippen MR) is 66.3 cm³/mol. The number of rotatable bonds is 4. The summed E-state index contributed by atoms with van der Waals surface area (Å²) in [6, 6.07) is 7.29. The highest BCUT2D eigenvalue weighted by Gasteiger charge is 2.23.